The molecular weight excluding hydrogens is 140 g/mol. The number of ketones is 1. The molecule has 2 heteroatoms. The Hall–Kier alpha value is -0.630. The number of fused-ring (bicyclic) bond motifs is 2. The Morgan fingerprint density at radius 2 is 2.45 bits per heavy atom. The molecule has 0 heterocycles. The molecule has 2 nitrogen and oxygen atoms in total. The van der Waals surface area contributed by atoms with Gasteiger partial charge in [0.2, 0.25) is 0 Å². The van der Waals surface area contributed by atoms with Gasteiger partial charge in [-0.05, 0) is 5.92 Å². The van der Waals surface area contributed by atoms with Crippen LogP contribution in [0.5, 0.6) is 0 Å². The summed E-state index contributed by atoms with van der Waals surface area (Å²) in [5.74, 6) is 1.51. The van der Waals surface area contributed by atoms with Crippen LogP contribution in [-0.2, 0) is 9.53 Å². The van der Waals surface area contributed by atoms with E-state index in [0.29, 0.717) is 17.6 Å². The summed E-state index contributed by atoms with van der Waals surface area (Å²) < 4.78 is 5.06. The summed E-state index contributed by atoms with van der Waals surface area (Å²) >= 11 is 0. The molecule has 0 unspecified atom stereocenters. The maximum absolute atomic E-state index is 11.2. The van der Waals surface area contributed by atoms with E-state index >= 15 is 0 Å². The van der Waals surface area contributed by atoms with Crippen LogP contribution in [0.3, 0.4) is 0 Å². The molecule has 0 aromatic heterocycles. The second-order valence-electron chi connectivity index (χ2n) is 3.36. The van der Waals surface area contributed by atoms with Gasteiger partial charge in [-0.1, -0.05) is 12.2 Å². The number of rotatable bonds is 2. The molecule has 0 N–H and O–H groups in total. The van der Waals surface area contributed by atoms with Crippen molar-refractivity contribution in [1.82, 2.24) is 0 Å². The average molecular weight is 152 g/mol. The van der Waals surface area contributed by atoms with Gasteiger partial charge in [0.15, 0.2) is 0 Å². The topological polar surface area (TPSA) is 26.3 Å². The van der Waals surface area contributed by atoms with Crippen molar-refractivity contribution < 1.29 is 9.53 Å². The van der Waals surface area contributed by atoms with Gasteiger partial charge in [-0.2, -0.15) is 0 Å². The maximum atomic E-state index is 11.2. The number of allylic oxidation sites excluding steroid dienone is 2. The van der Waals surface area contributed by atoms with E-state index in [9.17, 15) is 4.79 Å². The SMILES string of the molecule is COC[C@@H]1[C@@H]2C=C[C@H]1C(=O)C2. The number of methoxy groups -OCH3 is 1. The van der Waals surface area contributed by atoms with Crippen molar-refractivity contribution in [3.8, 4) is 0 Å². The van der Waals surface area contributed by atoms with Gasteiger partial charge in [0.1, 0.15) is 5.78 Å². The molecule has 3 atom stereocenters. The maximum Gasteiger partial charge on any atom is 0.140 e. The van der Waals surface area contributed by atoms with Crippen LogP contribution in [0.1, 0.15) is 6.42 Å². The lowest BCUT2D eigenvalue weighted by molar-refractivity contribution is -0.120. The third-order valence-electron chi connectivity index (χ3n) is 2.74. The minimum atomic E-state index is 0.181. The predicted molar refractivity (Wildman–Crippen MR) is 41.1 cm³/mol. The van der Waals surface area contributed by atoms with Crippen LogP contribution >= 0.6 is 0 Å². The number of carbonyl (C=O) groups is 1. The van der Waals surface area contributed by atoms with Gasteiger partial charge in [0.25, 0.3) is 0 Å². The number of ether oxygens (including phenoxy) is 1. The molecule has 1 fully saturated rings. The van der Waals surface area contributed by atoms with Crippen LogP contribution in [-0.4, -0.2) is 19.5 Å². The van der Waals surface area contributed by atoms with Crippen molar-refractivity contribution in [2.45, 2.75) is 6.42 Å². The lowest BCUT2D eigenvalue weighted by atomic mass is 9.98. The first kappa shape index (κ1) is 7.04. The number of hydrogen-bond donors (Lipinski definition) is 0. The number of carbonyl (C=O) groups excluding carboxylic acids is 1. The molecule has 2 bridgehead atoms. The summed E-state index contributed by atoms with van der Waals surface area (Å²) in [5.41, 5.74) is 0. The highest BCUT2D eigenvalue weighted by Gasteiger charge is 2.43. The second-order valence-corrected chi connectivity index (χ2v) is 3.36. The van der Waals surface area contributed by atoms with E-state index in [2.05, 4.69) is 6.08 Å². The largest absolute Gasteiger partial charge is 0.384 e. The third-order valence-corrected chi connectivity index (χ3v) is 2.74. The summed E-state index contributed by atoms with van der Waals surface area (Å²) in [7, 11) is 1.70. The Morgan fingerprint density at radius 3 is 2.91 bits per heavy atom. The van der Waals surface area contributed by atoms with Gasteiger partial charge in [-0.25, -0.2) is 0 Å². The molecule has 0 aliphatic heterocycles. The Balaban J connectivity index is 2.11. The highest BCUT2D eigenvalue weighted by atomic mass is 16.5. The van der Waals surface area contributed by atoms with Crippen LogP contribution in [0.25, 0.3) is 0 Å². The van der Waals surface area contributed by atoms with Gasteiger partial charge >= 0.3 is 0 Å². The van der Waals surface area contributed by atoms with Crippen LogP contribution in [0, 0.1) is 17.8 Å². The molecule has 2 aliphatic carbocycles. The Labute approximate surface area is 66.2 Å². The fraction of sp³-hybridized carbons (Fsp3) is 0.667. The Kier molecular flexibility index (Phi) is 1.57. The summed E-state index contributed by atoms with van der Waals surface area (Å²) in [4.78, 5) is 11.2. The third kappa shape index (κ3) is 0.932. The molecule has 60 valence electrons. The van der Waals surface area contributed by atoms with Crippen LogP contribution in [0.2, 0.25) is 0 Å². The second kappa shape index (κ2) is 2.45. The van der Waals surface area contributed by atoms with Crippen molar-refractivity contribution >= 4 is 5.78 Å². The van der Waals surface area contributed by atoms with Crippen LogP contribution < -0.4 is 0 Å². The van der Waals surface area contributed by atoms with E-state index in [1.807, 2.05) is 6.08 Å². The quantitative estimate of drug-likeness (QED) is 0.552. The fourth-order valence-electron chi connectivity index (χ4n) is 2.17. The van der Waals surface area contributed by atoms with Crippen molar-refractivity contribution in [3.63, 3.8) is 0 Å². The number of Topliss-reactive ketones (excluding diaryl/α,β-unsaturated/α-hetero) is 1. The smallest absolute Gasteiger partial charge is 0.140 e. The highest BCUT2D eigenvalue weighted by Crippen LogP contribution is 2.41. The normalized spacial score (nSPS) is 40.5. The zero-order valence-electron chi connectivity index (χ0n) is 6.62. The average Bonchev–Trinajstić information content (AvgIpc) is 2.46. The van der Waals surface area contributed by atoms with E-state index in [1.54, 1.807) is 7.11 Å². The van der Waals surface area contributed by atoms with Crippen molar-refractivity contribution in [1.29, 1.82) is 0 Å². The lowest BCUT2D eigenvalue weighted by Gasteiger charge is -2.11. The Bertz CT molecular complexity index is 208. The molecule has 11 heavy (non-hydrogen) atoms. The first-order chi connectivity index (χ1) is 5.33. The van der Waals surface area contributed by atoms with Crippen molar-refractivity contribution in [2.75, 3.05) is 13.7 Å². The minimum Gasteiger partial charge on any atom is -0.384 e. The first-order valence-corrected chi connectivity index (χ1v) is 4.03. The van der Waals surface area contributed by atoms with Gasteiger partial charge in [0, 0.05) is 25.4 Å². The summed E-state index contributed by atoms with van der Waals surface area (Å²) in [6.07, 6.45) is 4.95. The molecule has 0 spiro atoms. The van der Waals surface area contributed by atoms with Crippen molar-refractivity contribution in [2.24, 2.45) is 17.8 Å². The molecule has 0 amide bonds. The summed E-state index contributed by atoms with van der Waals surface area (Å²) in [6.45, 7) is 0.730. The fourth-order valence-corrected chi connectivity index (χ4v) is 2.17. The van der Waals surface area contributed by atoms with Gasteiger partial charge in [-0.15, -0.1) is 0 Å². The van der Waals surface area contributed by atoms with E-state index < -0.39 is 0 Å². The van der Waals surface area contributed by atoms with E-state index in [0.717, 1.165) is 13.0 Å². The zero-order chi connectivity index (χ0) is 7.84. The standard InChI is InChI=1S/C9H12O2/c1-11-5-8-6-2-3-7(8)9(10)4-6/h2-3,6-8H,4-5H2,1H3/t6-,7-,8-/m1/s1. The molecule has 0 radical (unpaired) electrons. The number of hydrogen-bond acceptors (Lipinski definition) is 2. The lowest BCUT2D eigenvalue weighted by Crippen LogP contribution is -2.15. The van der Waals surface area contributed by atoms with E-state index in [4.69, 9.17) is 4.74 Å². The molecule has 2 aliphatic rings. The minimum absolute atomic E-state index is 0.181. The molecule has 1 saturated carbocycles. The van der Waals surface area contributed by atoms with Gasteiger partial charge in [0.05, 0.1) is 6.61 Å². The Morgan fingerprint density at radius 1 is 1.64 bits per heavy atom. The van der Waals surface area contributed by atoms with Gasteiger partial charge < -0.3 is 4.74 Å². The predicted octanol–water partition coefficient (Wildman–Crippen LogP) is 1.02. The van der Waals surface area contributed by atoms with E-state index in [-0.39, 0.29) is 5.92 Å². The zero-order valence-corrected chi connectivity index (χ0v) is 6.62. The summed E-state index contributed by atoms with van der Waals surface area (Å²) in [6, 6.07) is 0. The first-order valence-electron chi connectivity index (χ1n) is 4.03. The van der Waals surface area contributed by atoms with E-state index in [1.165, 1.54) is 0 Å². The molecule has 0 aromatic rings. The monoisotopic (exact) mass is 152 g/mol. The highest BCUT2D eigenvalue weighted by molar-refractivity contribution is 5.87. The van der Waals surface area contributed by atoms with Crippen molar-refractivity contribution in [3.05, 3.63) is 12.2 Å². The molecule has 0 aromatic carbocycles. The van der Waals surface area contributed by atoms with Crippen LogP contribution in [0.4, 0.5) is 0 Å². The van der Waals surface area contributed by atoms with Gasteiger partial charge in [-0.3, -0.25) is 4.79 Å². The molecule has 2 rings (SSSR count). The van der Waals surface area contributed by atoms with Crippen LogP contribution in [0.15, 0.2) is 12.2 Å². The summed E-state index contributed by atoms with van der Waals surface area (Å²) in [5, 5.41) is 0. The molecule has 0 saturated heterocycles. The molecular formula is C9H12O2.